The highest BCUT2D eigenvalue weighted by Gasteiger charge is 2.03. The third-order valence-electron chi connectivity index (χ3n) is 2.00. The molecule has 16 heavy (non-hydrogen) atoms. The first-order valence-electron chi connectivity index (χ1n) is 4.69. The van der Waals surface area contributed by atoms with Gasteiger partial charge < -0.3 is 11.1 Å². The molecule has 2 heterocycles. The minimum Gasteiger partial charge on any atom is -0.384 e. The van der Waals surface area contributed by atoms with Gasteiger partial charge in [0.05, 0.1) is 0 Å². The molecule has 0 radical (unpaired) electrons. The van der Waals surface area contributed by atoms with Gasteiger partial charge in [0.1, 0.15) is 23.8 Å². The van der Waals surface area contributed by atoms with Crippen LogP contribution in [-0.2, 0) is 5.75 Å². The summed E-state index contributed by atoms with van der Waals surface area (Å²) in [5, 5.41) is 3.07. The van der Waals surface area contributed by atoms with Gasteiger partial charge in [-0.2, -0.15) is 12.6 Å². The highest BCUT2D eigenvalue weighted by Crippen LogP contribution is 2.18. The molecule has 0 amide bonds. The van der Waals surface area contributed by atoms with Crippen LogP contribution in [0, 0.1) is 0 Å². The molecule has 5 nitrogen and oxygen atoms in total. The van der Waals surface area contributed by atoms with E-state index in [0.717, 1.165) is 11.4 Å². The summed E-state index contributed by atoms with van der Waals surface area (Å²) in [5.74, 6) is 2.38. The Morgan fingerprint density at radius 1 is 1.31 bits per heavy atom. The van der Waals surface area contributed by atoms with Crippen molar-refractivity contribution < 1.29 is 0 Å². The summed E-state index contributed by atoms with van der Waals surface area (Å²) in [5.41, 5.74) is 6.56. The lowest BCUT2D eigenvalue weighted by molar-refractivity contribution is 1.15. The Morgan fingerprint density at radius 2 is 2.19 bits per heavy atom. The number of aromatic nitrogens is 3. The number of pyridine rings is 1. The molecule has 0 fully saturated rings. The zero-order valence-electron chi connectivity index (χ0n) is 8.46. The van der Waals surface area contributed by atoms with E-state index in [1.807, 2.05) is 12.1 Å². The lowest BCUT2D eigenvalue weighted by Crippen LogP contribution is -2.01. The maximum Gasteiger partial charge on any atom is 0.137 e. The van der Waals surface area contributed by atoms with Crippen LogP contribution in [0.5, 0.6) is 0 Å². The van der Waals surface area contributed by atoms with Crippen molar-refractivity contribution in [2.75, 3.05) is 11.1 Å². The van der Waals surface area contributed by atoms with Crippen LogP contribution in [0.2, 0.25) is 0 Å². The second-order valence-corrected chi connectivity index (χ2v) is 3.44. The SMILES string of the molecule is Nc1cc(Nc2ncccc2CS)ncn1. The number of nitrogens with one attached hydrogen (secondary N) is 1. The topological polar surface area (TPSA) is 76.7 Å². The fourth-order valence-electron chi connectivity index (χ4n) is 1.24. The van der Waals surface area contributed by atoms with E-state index in [-0.39, 0.29) is 0 Å². The first-order valence-corrected chi connectivity index (χ1v) is 5.32. The Kier molecular flexibility index (Phi) is 3.21. The molecule has 0 saturated carbocycles. The standard InChI is InChI=1S/C10H11N5S/c11-8-4-9(14-6-13-8)15-10-7(5-16)2-1-3-12-10/h1-4,6,16H,5H2,(H3,11,12,13,14,15). The van der Waals surface area contributed by atoms with Crippen molar-refractivity contribution in [2.45, 2.75) is 5.75 Å². The lowest BCUT2D eigenvalue weighted by atomic mass is 10.3. The van der Waals surface area contributed by atoms with Gasteiger partial charge in [-0.3, -0.25) is 0 Å². The fourth-order valence-corrected chi connectivity index (χ4v) is 1.50. The number of nitrogens with two attached hydrogens (primary N) is 1. The lowest BCUT2D eigenvalue weighted by Gasteiger charge is -2.08. The van der Waals surface area contributed by atoms with Gasteiger partial charge in [0, 0.05) is 23.6 Å². The molecule has 0 aliphatic heterocycles. The first kappa shape index (κ1) is 10.7. The number of hydrogen-bond donors (Lipinski definition) is 3. The molecule has 0 aromatic carbocycles. The number of nitrogens with zero attached hydrogens (tertiary/aromatic N) is 3. The number of rotatable bonds is 3. The zero-order valence-corrected chi connectivity index (χ0v) is 9.35. The van der Waals surface area contributed by atoms with E-state index in [2.05, 4.69) is 32.9 Å². The predicted octanol–water partition coefficient (Wildman–Crippen LogP) is 1.63. The molecule has 2 aromatic rings. The number of hydrogen-bond acceptors (Lipinski definition) is 6. The molecule has 0 aliphatic rings. The van der Waals surface area contributed by atoms with Crippen molar-refractivity contribution in [3.8, 4) is 0 Å². The summed E-state index contributed by atoms with van der Waals surface area (Å²) in [6.45, 7) is 0. The summed E-state index contributed by atoms with van der Waals surface area (Å²) in [7, 11) is 0. The third kappa shape index (κ3) is 2.40. The van der Waals surface area contributed by atoms with Crippen LogP contribution in [0.25, 0.3) is 0 Å². The highest BCUT2D eigenvalue weighted by molar-refractivity contribution is 7.79. The second-order valence-electron chi connectivity index (χ2n) is 3.12. The van der Waals surface area contributed by atoms with Crippen LogP contribution < -0.4 is 11.1 Å². The van der Waals surface area contributed by atoms with Gasteiger partial charge in [0.2, 0.25) is 0 Å². The molecular formula is C10H11N5S. The molecule has 0 bridgehead atoms. The molecule has 2 rings (SSSR count). The maximum absolute atomic E-state index is 5.56. The van der Waals surface area contributed by atoms with Crippen molar-refractivity contribution in [3.05, 3.63) is 36.3 Å². The quantitative estimate of drug-likeness (QED) is 0.702. The van der Waals surface area contributed by atoms with E-state index < -0.39 is 0 Å². The van der Waals surface area contributed by atoms with Gasteiger partial charge in [-0.1, -0.05) is 6.07 Å². The fraction of sp³-hybridized carbons (Fsp3) is 0.100. The summed E-state index contributed by atoms with van der Waals surface area (Å²) in [4.78, 5) is 12.1. The summed E-state index contributed by atoms with van der Waals surface area (Å²) in [6.07, 6.45) is 3.11. The number of nitrogen functional groups attached to an aromatic ring is 1. The van der Waals surface area contributed by atoms with E-state index in [1.54, 1.807) is 12.3 Å². The van der Waals surface area contributed by atoms with Gasteiger partial charge >= 0.3 is 0 Å². The van der Waals surface area contributed by atoms with Crippen molar-refractivity contribution in [3.63, 3.8) is 0 Å². The predicted molar refractivity (Wildman–Crippen MR) is 66.7 cm³/mol. The summed E-state index contributed by atoms with van der Waals surface area (Å²) in [6, 6.07) is 5.47. The molecule has 3 N–H and O–H groups in total. The third-order valence-corrected chi connectivity index (χ3v) is 2.34. The normalized spacial score (nSPS) is 10.1. The van der Waals surface area contributed by atoms with Crippen LogP contribution in [0.1, 0.15) is 5.56 Å². The molecule has 0 aliphatic carbocycles. The number of anilines is 3. The van der Waals surface area contributed by atoms with Crippen molar-refractivity contribution in [1.29, 1.82) is 0 Å². The molecule has 0 unspecified atom stereocenters. The largest absolute Gasteiger partial charge is 0.384 e. The molecule has 0 atom stereocenters. The van der Waals surface area contributed by atoms with E-state index in [9.17, 15) is 0 Å². The Bertz CT molecular complexity index is 488. The second kappa shape index (κ2) is 4.80. The first-order chi connectivity index (χ1) is 7.79. The van der Waals surface area contributed by atoms with Crippen LogP contribution in [-0.4, -0.2) is 15.0 Å². The van der Waals surface area contributed by atoms with Gasteiger partial charge in [0.25, 0.3) is 0 Å². The smallest absolute Gasteiger partial charge is 0.137 e. The van der Waals surface area contributed by atoms with Gasteiger partial charge in [-0.25, -0.2) is 15.0 Å². The van der Waals surface area contributed by atoms with Crippen molar-refractivity contribution in [1.82, 2.24) is 15.0 Å². The van der Waals surface area contributed by atoms with Crippen LogP contribution in [0.4, 0.5) is 17.5 Å². The Balaban J connectivity index is 2.26. The maximum atomic E-state index is 5.56. The Hall–Kier alpha value is -1.82. The van der Waals surface area contributed by atoms with Crippen LogP contribution in [0.3, 0.4) is 0 Å². The van der Waals surface area contributed by atoms with Crippen LogP contribution in [0.15, 0.2) is 30.7 Å². The summed E-state index contributed by atoms with van der Waals surface area (Å²) < 4.78 is 0. The highest BCUT2D eigenvalue weighted by atomic mass is 32.1. The minimum atomic E-state index is 0.417. The molecule has 0 saturated heterocycles. The molecule has 82 valence electrons. The van der Waals surface area contributed by atoms with E-state index in [0.29, 0.717) is 17.4 Å². The minimum absolute atomic E-state index is 0.417. The number of thiol groups is 1. The zero-order chi connectivity index (χ0) is 11.4. The van der Waals surface area contributed by atoms with Gasteiger partial charge in [-0.15, -0.1) is 0 Å². The Morgan fingerprint density at radius 3 is 2.94 bits per heavy atom. The van der Waals surface area contributed by atoms with Crippen molar-refractivity contribution >= 4 is 30.1 Å². The molecule has 0 spiro atoms. The molecule has 6 heteroatoms. The molecule has 2 aromatic heterocycles. The van der Waals surface area contributed by atoms with Crippen LogP contribution >= 0.6 is 12.6 Å². The Labute approximate surface area is 98.6 Å². The summed E-state index contributed by atoms with van der Waals surface area (Å²) >= 11 is 4.23. The van der Waals surface area contributed by atoms with E-state index >= 15 is 0 Å². The van der Waals surface area contributed by atoms with Crippen molar-refractivity contribution in [2.24, 2.45) is 0 Å². The van der Waals surface area contributed by atoms with E-state index in [1.165, 1.54) is 6.33 Å². The monoisotopic (exact) mass is 233 g/mol. The van der Waals surface area contributed by atoms with Gasteiger partial charge in [0.15, 0.2) is 0 Å². The average Bonchev–Trinajstić information content (AvgIpc) is 2.30. The average molecular weight is 233 g/mol. The van der Waals surface area contributed by atoms with E-state index in [4.69, 9.17) is 5.73 Å². The molecular weight excluding hydrogens is 222 g/mol. The van der Waals surface area contributed by atoms with Gasteiger partial charge in [-0.05, 0) is 6.07 Å².